The van der Waals surface area contributed by atoms with Crippen molar-refractivity contribution in [3.05, 3.63) is 29.8 Å². The summed E-state index contributed by atoms with van der Waals surface area (Å²) in [6, 6.07) is 8.19. The Balaban J connectivity index is 2.04. The zero-order valence-electron chi connectivity index (χ0n) is 11.9. The lowest BCUT2D eigenvalue weighted by Crippen LogP contribution is -2.37. The summed E-state index contributed by atoms with van der Waals surface area (Å²) in [5.41, 5.74) is 1.25. The molecule has 0 aromatic heterocycles. The summed E-state index contributed by atoms with van der Waals surface area (Å²) in [4.78, 5) is 4.62. The van der Waals surface area contributed by atoms with Crippen LogP contribution in [0, 0.1) is 12.3 Å². The highest BCUT2D eigenvalue weighted by Crippen LogP contribution is 2.33. The van der Waals surface area contributed by atoms with Gasteiger partial charge in [0, 0.05) is 19.0 Å². The van der Waals surface area contributed by atoms with Crippen LogP contribution in [0.1, 0.15) is 24.8 Å². The van der Waals surface area contributed by atoms with Gasteiger partial charge in [-0.1, -0.05) is 24.1 Å². The molecule has 2 rings (SSSR count). The molecule has 0 amide bonds. The third-order valence-corrected chi connectivity index (χ3v) is 3.25. The summed E-state index contributed by atoms with van der Waals surface area (Å²) in [6.45, 7) is 4.83. The van der Waals surface area contributed by atoms with Gasteiger partial charge >= 0.3 is 0 Å². The fourth-order valence-corrected chi connectivity index (χ4v) is 2.28. The van der Waals surface area contributed by atoms with Gasteiger partial charge in [-0.3, -0.25) is 4.99 Å². The summed E-state index contributed by atoms with van der Waals surface area (Å²) >= 11 is 0. The number of benzene rings is 1. The van der Waals surface area contributed by atoms with Crippen molar-refractivity contribution in [1.82, 2.24) is 10.6 Å². The fourth-order valence-electron chi connectivity index (χ4n) is 2.28. The van der Waals surface area contributed by atoms with Crippen LogP contribution in [0.2, 0.25) is 0 Å². The van der Waals surface area contributed by atoms with E-state index in [9.17, 15) is 0 Å². The maximum Gasteiger partial charge on any atom is 0.192 e. The van der Waals surface area contributed by atoms with E-state index in [0.717, 1.165) is 37.8 Å². The Labute approximate surface area is 120 Å². The number of terminal acetylenes is 1. The number of hydrogen-bond acceptors (Lipinski definition) is 2. The van der Waals surface area contributed by atoms with Gasteiger partial charge in [0.2, 0.25) is 0 Å². The van der Waals surface area contributed by atoms with Gasteiger partial charge in [0.25, 0.3) is 0 Å². The number of nitrogens with one attached hydrogen (secondary N) is 2. The largest absolute Gasteiger partial charge is 0.493 e. The van der Waals surface area contributed by atoms with Crippen molar-refractivity contribution >= 4 is 5.96 Å². The van der Waals surface area contributed by atoms with Crippen molar-refractivity contribution in [2.24, 2.45) is 4.99 Å². The minimum atomic E-state index is 0.404. The van der Waals surface area contributed by atoms with E-state index in [-0.39, 0.29) is 0 Å². The molecule has 0 saturated heterocycles. The number of fused-ring (bicyclic) bond motifs is 1. The molecule has 1 aromatic carbocycles. The van der Waals surface area contributed by atoms with Crippen molar-refractivity contribution in [1.29, 1.82) is 0 Å². The monoisotopic (exact) mass is 271 g/mol. The molecule has 4 nitrogen and oxygen atoms in total. The number of para-hydroxylation sites is 1. The number of ether oxygens (including phenoxy) is 1. The lowest BCUT2D eigenvalue weighted by atomic mass is 9.93. The first-order chi connectivity index (χ1) is 9.85. The van der Waals surface area contributed by atoms with Gasteiger partial charge in [-0.2, -0.15) is 0 Å². The van der Waals surface area contributed by atoms with E-state index >= 15 is 0 Å². The molecule has 1 unspecified atom stereocenters. The molecule has 0 fully saturated rings. The number of hydrogen-bond donors (Lipinski definition) is 2. The van der Waals surface area contributed by atoms with Crippen LogP contribution in [0.5, 0.6) is 5.75 Å². The molecule has 2 N–H and O–H groups in total. The molecule has 0 bridgehead atoms. The summed E-state index contributed by atoms with van der Waals surface area (Å²) in [5, 5.41) is 6.30. The van der Waals surface area contributed by atoms with Crippen LogP contribution in [0.3, 0.4) is 0 Å². The molecule has 0 saturated carbocycles. The highest BCUT2D eigenvalue weighted by atomic mass is 16.5. The summed E-state index contributed by atoms with van der Waals surface area (Å²) in [6.07, 6.45) is 6.26. The number of guanidine groups is 1. The average molecular weight is 271 g/mol. The van der Waals surface area contributed by atoms with Gasteiger partial charge in [-0.25, -0.2) is 0 Å². The molecule has 20 heavy (non-hydrogen) atoms. The molecule has 0 aliphatic carbocycles. The predicted octanol–water partition coefficient (Wildman–Crippen LogP) is 1.74. The minimum Gasteiger partial charge on any atom is -0.493 e. The molecule has 1 aliphatic rings. The lowest BCUT2D eigenvalue weighted by molar-refractivity contribution is 0.269. The zero-order valence-corrected chi connectivity index (χ0v) is 11.9. The minimum absolute atomic E-state index is 0.404. The third-order valence-electron chi connectivity index (χ3n) is 3.25. The first-order valence-corrected chi connectivity index (χ1v) is 7.02. The summed E-state index contributed by atoms with van der Waals surface area (Å²) < 4.78 is 5.67. The summed E-state index contributed by atoms with van der Waals surface area (Å²) in [7, 11) is 0. The lowest BCUT2D eigenvalue weighted by Gasteiger charge is -2.24. The molecule has 1 aromatic rings. The maximum absolute atomic E-state index is 5.67. The molecule has 0 radical (unpaired) electrons. The fraction of sp³-hybridized carbons (Fsp3) is 0.438. The van der Waals surface area contributed by atoms with Crippen LogP contribution in [0.25, 0.3) is 0 Å². The van der Waals surface area contributed by atoms with Crippen LogP contribution >= 0.6 is 0 Å². The Morgan fingerprint density at radius 3 is 3.10 bits per heavy atom. The molecule has 1 atom stereocenters. The smallest absolute Gasteiger partial charge is 0.192 e. The molecule has 106 valence electrons. The van der Waals surface area contributed by atoms with E-state index in [1.807, 2.05) is 25.1 Å². The molecular weight excluding hydrogens is 250 g/mol. The van der Waals surface area contributed by atoms with E-state index < -0.39 is 0 Å². The van der Waals surface area contributed by atoms with Gasteiger partial charge in [0.05, 0.1) is 13.2 Å². The van der Waals surface area contributed by atoms with Gasteiger partial charge in [-0.05, 0) is 25.0 Å². The maximum atomic E-state index is 5.67. The molecular formula is C16H21N3O. The SMILES string of the molecule is C#CCNC(=NCC1CCOc2ccccc21)NCC. The van der Waals surface area contributed by atoms with E-state index in [2.05, 4.69) is 27.6 Å². The van der Waals surface area contributed by atoms with Crippen LogP contribution in [-0.4, -0.2) is 32.2 Å². The zero-order chi connectivity index (χ0) is 14.2. The number of aliphatic imine (C=N–C) groups is 1. The predicted molar refractivity (Wildman–Crippen MR) is 82.1 cm³/mol. The van der Waals surface area contributed by atoms with Crippen molar-refractivity contribution in [2.75, 3.05) is 26.2 Å². The third kappa shape index (κ3) is 3.67. The Kier molecular flexibility index (Phi) is 5.31. The normalized spacial score (nSPS) is 17.6. The van der Waals surface area contributed by atoms with Crippen LogP contribution in [-0.2, 0) is 0 Å². The quantitative estimate of drug-likeness (QED) is 0.498. The summed E-state index contributed by atoms with van der Waals surface area (Å²) in [5.74, 6) is 4.72. The van der Waals surface area contributed by atoms with Crippen molar-refractivity contribution in [2.45, 2.75) is 19.3 Å². The topological polar surface area (TPSA) is 45.7 Å². The van der Waals surface area contributed by atoms with Gasteiger partial charge in [0.1, 0.15) is 5.75 Å². The van der Waals surface area contributed by atoms with Crippen molar-refractivity contribution in [3.8, 4) is 18.1 Å². The highest BCUT2D eigenvalue weighted by Gasteiger charge is 2.20. The number of rotatable bonds is 4. The Bertz CT molecular complexity index is 505. The van der Waals surface area contributed by atoms with E-state index in [1.54, 1.807) is 0 Å². The molecule has 4 heteroatoms. The second-order valence-electron chi connectivity index (χ2n) is 4.65. The van der Waals surface area contributed by atoms with Crippen LogP contribution < -0.4 is 15.4 Å². The van der Waals surface area contributed by atoms with Crippen molar-refractivity contribution < 1.29 is 4.74 Å². The van der Waals surface area contributed by atoms with Crippen LogP contribution in [0.4, 0.5) is 0 Å². The van der Waals surface area contributed by atoms with Gasteiger partial charge < -0.3 is 15.4 Å². The average Bonchev–Trinajstić information content (AvgIpc) is 2.50. The second-order valence-corrected chi connectivity index (χ2v) is 4.65. The Morgan fingerprint density at radius 1 is 1.45 bits per heavy atom. The van der Waals surface area contributed by atoms with E-state index in [1.165, 1.54) is 5.56 Å². The van der Waals surface area contributed by atoms with Crippen molar-refractivity contribution in [3.63, 3.8) is 0 Å². The Morgan fingerprint density at radius 2 is 2.30 bits per heavy atom. The Hall–Kier alpha value is -2.15. The second kappa shape index (κ2) is 7.44. The van der Waals surface area contributed by atoms with Gasteiger partial charge in [-0.15, -0.1) is 6.42 Å². The molecule has 0 spiro atoms. The highest BCUT2D eigenvalue weighted by molar-refractivity contribution is 5.80. The molecule has 1 heterocycles. The first kappa shape index (κ1) is 14.3. The standard InChI is InChI=1S/C16H21N3O/c1-3-10-18-16(17-4-2)19-12-13-9-11-20-15-8-6-5-7-14(13)15/h1,5-8,13H,4,9-12H2,2H3,(H2,17,18,19). The van der Waals surface area contributed by atoms with E-state index in [4.69, 9.17) is 11.2 Å². The molecule has 1 aliphatic heterocycles. The van der Waals surface area contributed by atoms with E-state index in [0.29, 0.717) is 12.5 Å². The van der Waals surface area contributed by atoms with Gasteiger partial charge in [0.15, 0.2) is 5.96 Å². The number of nitrogens with zero attached hydrogens (tertiary/aromatic N) is 1. The first-order valence-electron chi connectivity index (χ1n) is 7.02. The van der Waals surface area contributed by atoms with Crippen LogP contribution in [0.15, 0.2) is 29.3 Å².